The molecule has 4 rings (SSSR count). The van der Waals surface area contributed by atoms with Crippen molar-refractivity contribution in [1.29, 1.82) is 10.8 Å². The van der Waals surface area contributed by atoms with E-state index in [0.717, 1.165) is 70.1 Å². The van der Waals surface area contributed by atoms with Crippen molar-refractivity contribution in [3.8, 4) is 0 Å². The molecule has 2 heterocycles. The largest absolute Gasteiger partial charge is 0.394 e. The molecule has 45 heteroatoms. The molecule has 3 aliphatic rings. The number of aliphatic hydroxyl groups is 3. The van der Waals surface area contributed by atoms with E-state index in [-0.39, 0.29) is 127 Å². The smallest absolute Gasteiger partial charge is 0.248 e. The topological polar surface area (TPSA) is 751 Å². The van der Waals surface area contributed by atoms with Gasteiger partial charge in [0.15, 0.2) is 11.9 Å². The fourth-order valence-corrected chi connectivity index (χ4v) is 15.0. The molecule has 0 bridgehead atoms. The first-order valence-corrected chi connectivity index (χ1v) is 43.2. The lowest BCUT2D eigenvalue weighted by molar-refractivity contribution is -0.144. The number of hydrogen-bond donors (Lipinski definition) is 26. The van der Waals surface area contributed by atoms with Gasteiger partial charge in [-0.1, -0.05) is 78.1 Å². The zero-order valence-corrected chi connectivity index (χ0v) is 73.5. The highest BCUT2D eigenvalue weighted by Gasteiger charge is 2.47. The third kappa shape index (κ3) is 35.9. The standard InChI is InChI=1S/C81H137N25O20/c1-9-80(7,104-70(120)56(38-47-23-15-12-16-24-47)99-67(117)55(39-48-30-35-90-36-31-48)100-76(126)81(8,10-2)105-71(121)59-40-49(110)42-106(59)73(123)58(43-107)93-45(4)109)75(125)101-57(41-61(84)112)68(118)95-52(25-17-18-32-82)69(119)103-79(5,6)74(124)102-62(44(3)108)72(122)97-51(27-20-34-92-78(88)89)64(114)96-53(28-29-60(83)111)66(116)94-50(26-19-33-91-77(86)87)65(115)98-54(63(85)113)37-46-21-13-11-14-22-46/h30-31,35-36,44,46-47,49-59,62,107-108,110H,9-29,32-34,37-43,82H2,1-8H3,(H2,83,111)(H2,84,112)(H2,85,113)(H,93,109)(H,94,116)(H,95,118)(H,96,114)(H,97,122)(H,98,115)(H,99,117)(H,100,126)(H,101,125)(H,102,124)(H,103,119)(H,104,120)(H,105,121)(H4,86,87,91)(H4,88,89,92)/t44?,49-,50-,51-,52?,53?,54?,55?,56-,57-,58-,59+,62?,80?,81-/m0/s1. The van der Waals surface area contributed by atoms with Crippen LogP contribution in [0.4, 0.5) is 0 Å². The molecule has 0 aromatic carbocycles. The number of nitrogens with two attached hydrogens (primary N) is 6. The number of unbranched alkanes of at least 4 members (excludes halogenated alkanes) is 1. The number of guanidine groups is 2. The number of amides is 17. The minimum Gasteiger partial charge on any atom is -0.394 e. The summed E-state index contributed by atoms with van der Waals surface area (Å²) in [5.74, 6) is -17.2. The third-order valence-corrected chi connectivity index (χ3v) is 22.8. The summed E-state index contributed by atoms with van der Waals surface area (Å²) in [6, 6.07) is -13.8. The Morgan fingerprint density at radius 1 is 0.516 bits per heavy atom. The molecule has 15 atom stereocenters. The van der Waals surface area contributed by atoms with E-state index in [9.17, 15) is 92.0 Å². The monoisotopic (exact) mass is 1780 g/mol. The van der Waals surface area contributed by atoms with Crippen molar-refractivity contribution < 1.29 is 96.8 Å². The Morgan fingerprint density at radius 2 is 0.960 bits per heavy atom. The lowest BCUT2D eigenvalue weighted by Gasteiger charge is -2.35. The van der Waals surface area contributed by atoms with Gasteiger partial charge in [-0.05, 0) is 148 Å². The fourth-order valence-electron chi connectivity index (χ4n) is 15.0. The molecule has 1 saturated heterocycles. The summed E-state index contributed by atoms with van der Waals surface area (Å²) in [4.78, 5) is 243. The van der Waals surface area contributed by atoms with Crippen molar-refractivity contribution in [3.05, 3.63) is 30.1 Å². The number of carbonyl (C=O) groups excluding carboxylic acids is 17. The number of β-amino-alcohol motifs (C(OH)–C–C–N with tert-alkyl or cyclic N) is 1. The summed E-state index contributed by atoms with van der Waals surface area (Å²) in [6.45, 7) is 9.37. The number of nitrogens with one attached hydrogen (secondary N) is 17. The van der Waals surface area contributed by atoms with E-state index in [4.69, 9.17) is 45.2 Å². The Labute approximate surface area is 733 Å². The minimum atomic E-state index is -2.06. The van der Waals surface area contributed by atoms with Gasteiger partial charge in [0, 0.05) is 58.2 Å². The van der Waals surface area contributed by atoms with Crippen molar-refractivity contribution in [2.45, 2.75) is 318 Å². The number of aliphatic hydroxyl groups excluding tert-OH is 3. The molecule has 32 N–H and O–H groups in total. The van der Waals surface area contributed by atoms with Crippen LogP contribution in [0.25, 0.3) is 0 Å². The van der Waals surface area contributed by atoms with Crippen molar-refractivity contribution in [1.82, 2.24) is 89.6 Å². The first-order chi connectivity index (χ1) is 59.3. The van der Waals surface area contributed by atoms with E-state index in [1.165, 1.54) is 47.0 Å². The predicted octanol–water partition coefficient (Wildman–Crippen LogP) is -6.49. The van der Waals surface area contributed by atoms with Gasteiger partial charge >= 0.3 is 0 Å². The van der Waals surface area contributed by atoms with Crippen molar-refractivity contribution in [3.63, 3.8) is 0 Å². The fraction of sp³-hybridized carbons (Fsp3) is 0.704. The number of carbonyl (C=O) groups is 17. The minimum absolute atomic E-state index is 0.0162. The molecule has 2 aliphatic carbocycles. The number of pyridine rings is 1. The van der Waals surface area contributed by atoms with Crippen LogP contribution in [0.1, 0.15) is 221 Å². The van der Waals surface area contributed by atoms with E-state index in [1.807, 2.05) is 0 Å². The van der Waals surface area contributed by atoms with Gasteiger partial charge in [-0.15, -0.1) is 0 Å². The summed E-state index contributed by atoms with van der Waals surface area (Å²) >= 11 is 0. The lowest BCUT2D eigenvalue weighted by atomic mass is 9.84. The van der Waals surface area contributed by atoms with Crippen LogP contribution in [-0.2, 0) is 87.9 Å². The van der Waals surface area contributed by atoms with Gasteiger partial charge in [0.1, 0.15) is 83.1 Å². The maximum atomic E-state index is 15.0. The van der Waals surface area contributed by atoms with Crippen molar-refractivity contribution in [2.75, 3.05) is 32.8 Å². The van der Waals surface area contributed by atoms with Gasteiger partial charge in [0.2, 0.25) is 100 Å². The Hall–Kier alpha value is -11.5. The number of aromatic nitrogens is 1. The Balaban J connectivity index is 1.59. The summed E-state index contributed by atoms with van der Waals surface area (Å²) in [6.07, 6.45) is 5.84. The SMILES string of the molecule is CCC(C)(NC(=O)[C@H](CC1CCCCC1)NC(=O)C(Cc1ccncc1)NC(=O)[C@](C)(CC)NC(=O)[C@H]1C[C@H](O)CN1C(=O)[C@H](CO)NC(C)=O)C(=O)N[C@@H](CC(N)=O)C(=O)NC(CCCCN)C(=O)NC(C)(C)C(=O)NC(C(=O)N[C@@H](CCCNC(=N)N)C(=O)NC(CCC(N)=O)C(=O)N[C@@H](CCCNC(=N)N)C(=O)NC(CC1CCCCC1)C(N)=O)C(C)O. The highest BCUT2D eigenvalue weighted by molar-refractivity contribution is 6.03. The zero-order valence-electron chi connectivity index (χ0n) is 73.5. The second-order valence-corrected chi connectivity index (χ2v) is 33.8. The van der Waals surface area contributed by atoms with Crippen molar-refractivity contribution >= 4 is 112 Å². The van der Waals surface area contributed by atoms with Gasteiger partial charge in [-0.25, -0.2) is 0 Å². The average Bonchev–Trinajstić information content (AvgIpc) is 1.65. The molecule has 126 heavy (non-hydrogen) atoms. The first kappa shape index (κ1) is 107. The molecule has 706 valence electrons. The quantitative estimate of drug-likeness (QED) is 0.0164. The van der Waals surface area contributed by atoms with Crippen molar-refractivity contribution in [2.24, 2.45) is 46.2 Å². The van der Waals surface area contributed by atoms with Crippen LogP contribution >= 0.6 is 0 Å². The van der Waals surface area contributed by atoms with Gasteiger partial charge in [-0.3, -0.25) is 97.3 Å². The predicted molar refractivity (Wildman–Crippen MR) is 459 cm³/mol. The second kappa shape index (κ2) is 52.5. The van der Waals surface area contributed by atoms with Crippen LogP contribution in [-0.4, -0.2) is 266 Å². The second-order valence-electron chi connectivity index (χ2n) is 33.8. The number of likely N-dealkylation sites (tertiary alicyclic amines) is 1. The van der Waals surface area contributed by atoms with Crippen LogP contribution in [0.15, 0.2) is 24.5 Å². The summed E-state index contributed by atoms with van der Waals surface area (Å²) in [7, 11) is 0. The highest BCUT2D eigenvalue weighted by atomic mass is 16.3. The zero-order chi connectivity index (χ0) is 94.3. The number of nitrogens with zero attached hydrogens (tertiary/aromatic N) is 2. The molecular formula is C81H137N25O20. The van der Waals surface area contributed by atoms with Crippen LogP contribution in [0.2, 0.25) is 0 Å². The Kier molecular flexibility index (Phi) is 44.5. The third-order valence-electron chi connectivity index (χ3n) is 22.8. The van der Waals surface area contributed by atoms with E-state index < -0.39 is 228 Å². The lowest BCUT2D eigenvalue weighted by Crippen LogP contribution is -2.66. The molecule has 2 saturated carbocycles. The molecule has 1 aliphatic heterocycles. The Morgan fingerprint density at radius 3 is 1.43 bits per heavy atom. The summed E-state index contributed by atoms with van der Waals surface area (Å²) in [5.41, 5.74) is 28.4. The molecule has 45 nitrogen and oxygen atoms in total. The molecule has 1 aromatic heterocycles. The first-order valence-electron chi connectivity index (χ1n) is 43.2. The number of rotatable bonds is 54. The molecular weight excluding hydrogens is 1640 g/mol. The van der Waals surface area contributed by atoms with E-state index in [0.29, 0.717) is 18.4 Å². The normalized spacial score (nSPS) is 18.4. The summed E-state index contributed by atoms with van der Waals surface area (Å²) < 4.78 is 0. The molecule has 1 aromatic rings. The number of primary amides is 3. The maximum absolute atomic E-state index is 15.0. The van der Waals surface area contributed by atoms with Gasteiger partial charge in [0.05, 0.1) is 25.2 Å². The number of hydrogen-bond acceptors (Lipinski definition) is 24. The summed E-state index contributed by atoms with van der Waals surface area (Å²) in [5, 5.41) is 85.5. The molecule has 0 spiro atoms. The van der Waals surface area contributed by atoms with Crippen LogP contribution in [0.3, 0.4) is 0 Å². The molecule has 17 amide bonds. The average molecular weight is 1780 g/mol. The van der Waals surface area contributed by atoms with Gasteiger partial charge in [0.25, 0.3) is 0 Å². The van der Waals surface area contributed by atoms with E-state index in [1.54, 1.807) is 19.1 Å². The van der Waals surface area contributed by atoms with E-state index >= 15 is 4.79 Å². The Bertz CT molecular complexity index is 3920. The maximum Gasteiger partial charge on any atom is 0.248 e. The van der Waals surface area contributed by atoms with Crippen LogP contribution in [0, 0.1) is 22.7 Å². The highest BCUT2D eigenvalue weighted by Crippen LogP contribution is 2.30. The molecule has 0 radical (unpaired) electrons. The van der Waals surface area contributed by atoms with Gasteiger partial charge in [-0.2, -0.15) is 0 Å². The van der Waals surface area contributed by atoms with Gasteiger partial charge < -0.3 is 134 Å². The molecule has 3 fully saturated rings. The van der Waals surface area contributed by atoms with Crippen LogP contribution < -0.4 is 114 Å². The van der Waals surface area contributed by atoms with E-state index in [2.05, 4.69) is 84.7 Å². The van der Waals surface area contributed by atoms with Crippen LogP contribution in [0.5, 0.6) is 0 Å². The molecule has 7 unspecified atom stereocenters.